The molecular formula is C13H14F3NO. The third-order valence-corrected chi connectivity index (χ3v) is 2.72. The smallest absolute Gasteiger partial charge is 0.416 e. The summed E-state index contributed by atoms with van der Waals surface area (Å²) in [4.78, 5) is 0. The number of hydrogen-bond donors (Lipinski definition) is 1. The maximum Gasteiger partial charge on any atom is 0.416 e. The highest BCUT2D eigenvalue weighted by Gasteiger charge is 2.30. The molecule has 0 bridgehead atoms. The molecule has 0 fully saturated rings. The van der Waals surface area contributed by atoms with Gasteiger partial charge in [-0.2, -0.15) is 13.2 Å². The van der Waals surface area contributed by atoms with Crippen LogP contribution >= 0.6 is 0 Å². The lowest BCUT2D eigenvalue weighted by molar-refractivity contribution is -0.137. The first-order valence-electron chi connectivity index (χ1n) is 5.73. The van der Waals surface area contributed by atoms with Gasteiger partial charge < -0.3 is 10.1 Å². The summed E-state index contributed by atoms with van der Waals surface area (Å²) in [6.45, 7) is 2.16. The van der Waals surface area contributed by atoms with E-state index in [9.17, 15) is 13.2 Å². The van der Waals surface area contributed by atoms with Gasteiger partial charge in [0.1, 0.15) is 5.75 Å². The fraction of sp³-hybridized carbons (Fsp3) is 0.385. The minimum atomic E-state index is -4.30. The molecule has 1 N–H and O–H groups in total. The number of alkyl halides is 3. The van der Waals surface area contributed by atoms with Gasteiger partial charge in [-0.3, -0.25) is 0 Å². The van der Waals surface area contributed by atoms with Crippen molar-refractivity contribution in [2.45, 2.75) is 6.18 Å². The molecule has 0 unspecified atom stereocenters. The summed E-state index contributed by atoms with van der Waals surface area (Å²) in [6, 6.07) is 4.76. The summed E-state index contributed by atoms with van der Waals surface area (Å²) >= 11 is 0. The summed E-state index contributed by atoms with van der Waals surface area (Å²) in [5.41, 5.74) is -0.658. The zero-order chi connectivity index (χ0) is 13.0. The zero-order valence-corrected chi connectivity index (χ0v) is 9.70. The first-order chi connectivity index (χ1) is 8.55. The summed E-state index contributed by atoms with van der Waals surface area (Å²) in [5, 5.41) is 3.18. The molecule has 1 aromatic carbocycles. The Bertz CT molecular complexity index is 411. The van der Waals surface area contributed by atoms with Gasteiger partial charge in [0.25, 0.3) is 0 Å². The maximum absolute atomic E-state index is 12.3. The molecule has 1 heterocycles. The van der Waals surface area contributed by atoms with Gasteiger partial charge in [-0.05, 0) is 24.3 Å². The van der Waals surface area contributed by atoms with Crippen molar-refractivity contribution in [2.24, 2.45) is 5.92 Å². The second-order valence-corrected chi connectivity index (χ2v) is 4.18. The lowest BCUT2D eigenvalue weighted by Crippen LogP contribution is -2.29. The molecule has 0 radical (unpaired) electrons. The molecule has 1 aliphatic rings. The van der Waals surface area contributed by atoms with Crippen LogP contribution in [0.15, 0.2) is 36.4 Å². The van der Waals surface area contributed by atoms with Crippen molar-refractivity contribution in [1.82, 2.24) is 5.32 Å². The van der Waals surface area contributed by atoms with E-state index in [1.165, 1.54) is 12.1 Å². The molecule has 0 saturated carbocycles. The maximum atomic E-state index is 12.3. The van der Waals surface area contributed by atoms with Gasteiger partial charge in [-0.15, -0.1) is 0 Å². The molecule has 0 saturated heterocycles. The molecule has 1 aromatic rings. The minimum Gasteiger partial charge on any atom is -0.493 e. The van der Waals surface area contributed by atoms with Crippen LogP contribution in [0.3, 0.4) is 0 Å². The minimum absolute atomic E-state index is 0.265. The van der Waals surface area contributed by atoms with Crippen molar-refractivity contribution in [3.63, 3.8) is 0 Å². The van der Waals surface area contributed by atoms with Crippen molar-refractivity contribution in [3.8, 4) is 5.75 Å². The lowest BCUT2D eigenvalue weighted by atomic mass is 10.1. The molecular weight excluding hydrogens is 243 g/mol. The van der Waals surface area contributed by atoms with Gasteiger partial charge in [-0.25, -0.2) is 0 Å². The quantitative estimate of drug-likeness (QED) is 0.841. The van der Waals surface area contributed by atoms with Crippen LogP contribution < -0.4 is 10.1 Å². The Kier molecular flexibility index (Phi) is 3.91. The van der Waals surface area contributed by atoms with Crippen LogP contribution in [-0.4, -0.2) is 19.7 Å². The fourth-order valence-corrected chi connectivity index (χ4v) is 1.74. The number of halogens is 3. The van der Waals surface area contributed by atoms with E-state index >= 15 is 0 Å². The Morgan fingerprint density at radius 3 is 2.50 bits per heavy atom. The Morgan fingerprint density at radius 2 is 1.94 bits per heavy atom. The first-order valence-corrected chi connectivity index (χ1v) is 5.73. The molecule has 0 aromatic heterocycles. The van der Waals surface area contributed by atoms with E-state index in [1.807, 2.05) is 6.08 Å². The third kappa shape index (κ3) is 3.50. The largest absolute Gasteiger partial charge is 0.493 e. The second kappa shape index (κ2) is 5.44. The Morgan fingerprint density at radius 1 is 1.22 bits per heavy atom. The van der Waals surface area contributed by atoms with Gasteiger partial charge in [0.05, 0.1) is 12.2 Å². The third-order valence-electron chi connectivity index (χ3n) is 2.72. The summed E-state index contributed by atoms with van der Waals surface area (Å²) in [5.74, 6) is 0.725. The highest BCUT2D eigenvalue weighted by molar-refractivity contribution is 5.28. The highest BCUT2D eigenvalue weighted by atomic mass is 19.4. The Labute approximate surface area is 103 Å². The fourth-order valence-electron chi connectivity index (χ4n) is 1.74. The van der Waals surface area contributed by atoms with Gasteiger partial charge in [0.15, 0.2) is 0 Å². The van der Waals surface area contributed by atoms with Gasteiger partial charge in [0, 0.05) is 19.0 Å². The van der Waals surface area contributed by atoms with E-state index < -0.39 is 11.7 Å². The predicted octanol–water partition coefficient (Wildman–Crippen LogP) is 2.86. The van der Waals surface area contributed by atoms with E-state index in [0.717, 1.165) is 25.2 Å². The lowest BCUT2D eigenvalue weighted by Gasteiger charge is -2.18. The number of nitrogens with one attached hydrogen (secondary N) is 1. The van der Waals surface area contributed by atoms with Crippen LogP contribution in [0.2, 0.25) is 0 Å². The van der Waals surface area contributed by atoms with Gasteiger partial charge in [0.2, 0.25) is 0 Å². The zero-order valence-electron chi connectivity index (χ0n) is 9.70. The average molecular weight is 257 g/mol. The van der Waals surface area contributed by atoms with Crippen LogP contribution in [0.4, 0.5) is 13.2 Å². The van der Waals surface area contributed by atoms with Crippen LogP contribution in [0.25, 0.3) is 0 Å². The molecule has 0 amide bonds. The molecule has 2 nitrogen and oxygen atoms in total. The number of benzene rings is 1. The SMILES string of the molecule is FC(F)(F)c1ccc(OC[C@H]2C=CCNC2)cc1. The average Bonchev–Trinajstić information content (AvgIpc) is 2.37. The molecule has 1 aliphatic heterocycles. The monoisotopic (exact) mass is 257 g/mol. The number of hydrogen-bond acceptors (Lipinski definition) is 2. The molecule has 0 aliphatic carbocycles. The molecule has 5 heteroatoms. The van der Waals surface area contributed by atoms with Gasteiger partial charge in [-0.1, -0.05) is 12.2 Å². The highest BCUT2D eigenvalue weighted by Crippen LogP contribution is 2.30. The predicted molar refractivity (Wildman–Crippen MR) is 62.4 cm³/mol. The first kappa shape index (κ1) is 13.0. The molecule has 98 valence electrons. The molecule has 0 spiro atoms. The topological polar surface area (TPSA) is 21.3 Å². The molecule has 1 atom stereocenters. The number of rotatable bonds is 3. The van der Waals surface area contributed by atoms with Crippen molar-refractivity contribution < 1.29 is 17.9 Å². The van der Waals surface area contributed by atoms with E-state index in [2.05, 4.69) is 11.4 Å². The van der Waals surface area contributed by atoms with Crippen LogP contribution in [0.5, 0.6) is 5.75 Å². The van der Waals surface area contributed by atoms with Crippen LogP contribution in [0, 0.1) is 5.92 Å². The summed E-state index contributed by atoms with van der Waals surface area (Å²) < 4.78 is 42.5. The Balaban J connectivity index is 1.90. The normalized spacial score (nSPS) is 19.8. The standard InChI is InChI=1S/C13H14F3NO/c14-13(15,16)11-3-5-12(6-4-11)18-9-10-2-1-7-17-8-10/h1-6,10,17H,7-9H2/t10-/m0/s1. The Hall–Kier alpha value is -1.49. The molecule has 2 rings (SSSR count). The van der Waals surface area contributed by atoms with Crippen LogP contribution in [-0.2, 0) is 6.18 Å². The second-order valence-electron chi connectivity index (χ2n) is 4.18. The van der Waals surface area contributed by atoms with E-state index in [1.54, 1.807) is 0 Å². The van der Waals surface area contributed by atoms with Crippen molar-refractivity contribution in [1.29, 1.82) is 0 Å². The van der Waals surface area contributed by atoms with Gasteiger partial charge >= 0.3 is 6.18 Å². The summed E-state index contributed by atoms with van der Waals surface area (Å²) in [7, 11) is 0. The van der Waals surface area contributed by atoms with Crippen molar-refractivity contribution in [3.05, 3.63) is 42.0 Å². The summed E-state index contributed by atoms with van der Waals surface area (Å²) in [6.07, 6.45) is -0.223. The van der Waals surface area contributed by atoms with E-state index in [4.69, 9.17) is 4.74 Å². The van der Waals surface area contributed by atoms with E-state index in [-0.39, 0.29) is 5.92 Å². The van der Waals surface area contributed by atoms with Crippen molar-refractivity contribution in [2.75, 3.05) is 19.7 Å². The van der Waals surface area contributed by atoms with Crippen molar-refractivity contribution >= 4 is 0 Å². The number of ether oxygens (including phenoxy) is 1. The molecule has 18 heavy (non-hydrogen) atoms. The van der Waals surface area contributed by atoms with Crippen LogP contribution in [0.1, 0.15) is 5.56 Å². The van der Waals surface area contributed by atoms with E-state index in [0.29, 0.717) is 12.4 Å².